The number of hydrogen-bond donors (Lipinski definition) is 2. The van der Waals surface area contributed by atoms with Crippen molar-refractivity contribution >= 4 is 29.1 Å². The highest BCUT2D eigenvalue weighted by Gasteiger charge is 2.48. The number of H-pyrrole nitrogens is 1. The minimum Gasteiger partial charge on any atom is -0.453 e. The smallest absolute Gasteiger partial charge is 0.318 e. The number of Topliss-reactive ketones (excluding diaryl/α,β-unsaturated/α-hetero) is 1. The van der Waals surface area contributed by atoms with Crippen LogP contribution in [0.4, 0.5) is 11.5 Å². The largest absolute Gasteiger partial charge is 0.453 e. The molecule has 3 aromatic rings. The molecular formula is C27H24N4O6S. The van der Waals surface area contributed by atoms with Gasteiger partial charge in [-0.3, -0.25) is 19.7 Å². The number of nitro groups is 1. The maximum absolute atomic E-state index is 13.6. The number of nitrogens with one attached hydrogen (secondary N) is 2. The molecule has 2 aromatic carbocycles. The van der Waals surface area contributed by atoms with Crippen LogP contribution in [0.1, 0.15) is 42.9 Å². The molecule has 0 spiro atoms. The standard InChI is InChI=1S/C27H24N4O6S/c1-27(2)10-16-20(17(32)11-27)19(15-8-9-18-23(37-13-36-18)22(15)31(34)35)21-24(28-16)29-26(30-25(21)33)38-12-14-6-4-3-5-7-14/h3-10,19-20H,11-13H2,1-2H3,(H2,28,29,30,33). The zero-order chi connectivity index (χ0) is 26.6. The Kier molecular flexibility index (Phi) is 5.75. The van der Waals surface area contributed by atoms with Crippen molar-refractivity contribution in [2.75, 3.05) is 12.1 Å². The van der Waals surface area contributed by atoms with Gasteiger partial charge in [-0.1, -0.05) is 62.0 Å². The molecule has 1 aliphatic carbocycles. The van der Waals surface area contributed by atoms with E-state index < -0.39 is 27.7 Å². The van der Waals surface area contributed by atoms with Gasteiger partial charge in [0.25, 0.3) is 5.56 Å². The van der Waals surface area contributed by atoms with E-state index in [4.69, 9.17) is 14.5 Å². The quantitative estimate of drug-likeness (QED) is 0.206. The molecule has 2 aliphatic heterocycles. The highest BCUT2D eigenvalue weighted by molar-refractivity contribution is 7.98. The number of benzene rings is 2. The third-order valence-electron chi connectivity index (χ3n) is 6.98. The first-order valence-corrected chi connectivity index (χ1v) is 13.1. The summed E-state index contributed by atoms with van der Waals surface area (Å²) in [5, 5.41) is 15.9. The molecule has 0 amide bonds. The van der Waals surface area contributed by atoms with Gasteiger partial charge in [0.05, 0.1) is 16.4 Å². The summed E-state index contributed by atoms with van der Waals surface area (Å²) in [6.45, 7) is 3.76. The molecule has 0 radical (unpaired) electrons. The van der Waals surface area contributed by atoms with Gasteiger partial charge in [0.2, 0.25) is 12.5 Å². The average Bonchev–Trinajstić information content (AvgIpc) is 3.34. The van der Waals surface area contributed by atoms with Gasteiger partial charge < -0.3 is 19.8 Å². The van der Waals surface area contributed by atoms with Crippen LogP contribution in [0.2, 0.25) is 0 Å². The normalized spacial score (nSPS) is 20.7. The number of aromatic amines is 1. The lowest BCUT2D eigenvalue weighted by molar-refractivity contribution is -0.386. The summed E-state index contributed by atoms with van der Waals surface area (Å²) in [6.07, 6.45) is 2.21. The average molecular weight is 533 g/mol. The highest BCUT2D eigenvalue weighted by Crippen LogP contribution is 2.53. The van der Waals surface area contributed by atoms with E-state index in [1.165, 1.54) is 11.8 Å². The number of carbonyl (C=O) groups is 1. The van der Waals surface area contributed by atoms with Crippen LogP contribution in [0.15, 0.2) is 64.2 Å². The lowest BCUT2D eigenvalue weighted by Gasteiger charge is -2.40. The second-order valence-electron chi connectivity index (χ2n) is 10.2. The van der Waals surface area contributed by atoms with E-state index in [1.807, 2.05) is 50.3 Å². The predicted molar refractivity (Wildman–Crippen MR) is 141 cm³/mol. The molecule has 2 N–H and O–H groups in total. The van der Waals surface area contributed by atoms with Crippen molar-refractivity contribution < 1.29 is 19.2 Å². The predicted octanol–water partition coefficient (Wildman–Crippen LogP) is 4.76. The topological polar surface area (TPSA) is 136 Å². The van der Waals surface area contributed by atoms with Gasteiger partial charge in [0, 0.05) is 29.4 Å². The number of nitrogens with zero attached hydrogens (tertiary/aromatic N) is 2. The summed E-state index contributed by atoms with van der Waals surface area (Å²) < 4.78 is 10.8. The van der Waals surface area contributed by atoms with Crippen molar-refractivity contribution in [3.05, 3.63) is 91.4 Å². The van der Waals surface area contributed by atoms with Crippen molar-refractivity contribution in [2.24, 2.45) is 11.3 Å². The van der Waals surface area contributed by atoms with Gasteiger partial charge in [-0.2, -0.15) is 0 Å². The fourth-order valence-electron chi connectivity index (χ4n) is 5.46. The molecule has 6 rings (SSSR count). The summed E-state index contributed by atoms with van der Waals surface area (Å²) >= 11 is 1.37. The molecular weight excluding hydrogens is 508 g/mol. The SMILES string of the molecule is CC1(C)C=C2Nc3nc(SCc4ccccc4)[nH]c(=O)c3C(c3ccc4c(c3[N+](=O)[O-])OCO4)C2C(=O)C1. The number of nitro benzene ring substituents is 1. The molecule has 10 nitrogen and oxygen atoms in total. The van der Waals surface area contributed by atoms with E-state index in [-0.39, 0.29) is 53.1 Å². The first-order chi connectivity index (χ1) is 18.2. The molecule has 3 aliphatic rings. The van der Waals surface area contributed by atoms with Crippen LogP contribution in [-0.4, -0.2) is 27.5 Å². The van der Waals surface area contributed by atoms with Crippen molar-refractivity contribution in [3.8, 4) is 11.5 Å². The Bertz CT molecular complexity index is 1570. The first kappa shape index (κ1) is 24.2. The number of allylic oxidation sites excluding steroid dienone is 2. The van der Waals surface area contributed by atoms with E-state index >= 15 is 0 Å². The number of ketones is 1. The molecule has 0 bridgehead atoms. The minimum atomic E-state index is -0.930. The number of hydrogen-bond acceptors (Lipinski definition) is 9. The number of fused-ring (bicyclic) bond motifs is 3. The molecule has 194 valence electrons. The van der Waals surface area contributed by atoms with Gasteiger partial charge in [-0.05, 0) is 23.1 Å². The zero-order valence-corrected chi connectivity index (χ0v) is 21.5. The number of thioether (sulfide) groups is 1. The number of rotatable bonds is 5. The molecule has 1 aromatic heterocycles. The van der Waals surface area contributed by atoms with Crippen molar-refractivity contribution in [2.45, 2.75) is 37.1 Å². The molecule has 11 heteroatoms. The Labute approximate surface area is 221 Å². The van der Waals surface area contributed by atoms with Crippen molar-refractivity contribution in [3.63, 3.8) is 0 Å². The second kappa shape index (κ2) is 9.02. The number of ether oxygens (including phenoxy) is 2. The maximum Gasteiger partial charge on any atom is 0.318 e. The number of carbonyl (C=O) groups excluding carboxylic acids is 1. The third-order valence-corrected chi connectivity index (χ3v) is 7.92. The van der Waals surface area contributed by atoms with Gasteiger partial charge in [0.15, 0.2) is 10.9 Å². The molecule has 3 heterocycles. The Balaban J connectivity index is 1.52. The van der Waals surface area contributed by atoms with Gasteiger partial charge in [-0.25, -0.2) is 4.98 Å². The number of aromatic nitrogens is 2. The maximum atomic E-state index is 13.6. The van der Waals surface area contributed by atoms with Gasteiger partial charge in [0.1, 0.15) is 11.6 Å². The Morgan fingerprint density at radius 3 is 2.68 bits per heavy atom. The van der Waals surface area contributed by atoms with Crippen LogP contribution in [0.3, 0.4) is 0 Å². The lowest BCUT2D eigenvalue weighted by Crippen LogP contribution is -2.42. The lowest BCUT2D eigenvalue weighted by atomic mass is 9.67. The van der Waals surface area contributed by atoms with Crippen molar-refractivity contribution in [1.82, 2.24) is 9.97 Å². The Hall–Kier alpha value is -4.12. The van der Waals surface area contributed by atoms with Crippen LogP contribution < -0.4 is 20.3 Å². The van der Waals surface area contributed by atoms with Crippen LogP contribution in [0.25, 0.3) is 0 Å². The molecule has 2 atom stereocenters. The van der Waals surface area contributed by atoms with Crippen LogP contribution >= 0.6 is 11.8 Å². The van der Waals surface area contributed by atoms with Crippen LogP contribution in [-0.2, 0) is 10.5 Å². The Morgan fingerprint density at radius 2 is 1.92 bits per heavy atom. The van der Waals surface area contributed by atoms with Crippen molar-refractivity contribution in [1.29, 1.82) is 0 Å². The van der Waals surface area contributed by atoms with E-state index in [0.29, 0.717) is 16.6 Å². The van der Waals surface area contributed by atoms with E-state index in [1.54, 1.807) is 12.1 Å². The third kappa shape index (κ3) is 4.12. The van der Waals surface area contributed by atoms with Crippen LogP contribution in [0, 0.1) is 21.4 Å². The molecule has 2 unspecified atom stereocenters. The minimum absolute atomic E-state index is 0.00104. The fourth-order valence-corrected chi connectivity index (χ4v) is 6.28. The first-order valence-electron chi connectivity index (χ1n) is 12.1. The zero-order valence-electron chi connectivity index (χ0n) is 20.6. The summed E-state index contributed by atoms with van der Waals surface area (Å²) in [7, 11) is 0. The van der Waals surface area contributed by atoms with E-state index in [0.717, 1.165) is 5.56 Å². The van der Waals surface area contributed by atoms with Crippen LogP contribution in [0.5, 0.6) is 11.5 Å². The molecule has 0 saturated carbocycles. The number of anilines is 1. The highest BCUT2D eigenvalue weighted by atomic mass is 32.2. The summed E-state index contributed by atoms with van der Waals surface area (Å²) in [5.74, 6) is -0.710. The fraction of sp³-hybridized carbons (Fsp3) is 0.296. The monoisotopic (exact) mass is 532 g/mol. The second-order valence-corrected chi connectivity index (χ2v) is 11.2. The summed E-state index contributed by atoms with van der Waals surface area (Å²) in [4.78, 5) is 46.4. The summed E-state index contributed by atoms with van der Waals surface area (Å²) in [6, 6.07) is 12.9. The Morgan fingerprint density at radius 1 is 1.13 bits per heavy atom. The molecule has 0 fully saturated rings. The molecule has 0 saturated heterocycles. The molecule has 38 heavy (non-hydrogen) atoms. The van der Waals surface area contributed by atoms with Gasteiger partial charge >= 0.3 is 5.69 Å². The van der Waals surface area contributed by atoms with E-state index in [9.17, 15) is 19.7 Å². The summed E-state index contributed by atoms with van der Waals surface area (Å²) in [5.41, 5.74) is 0.873. The van der Waals surface area contributed by atoms with E-state index in [2.05, 4.69) is 10.3 Å². The van der Waals surface area contributed by atoms with Gasteiger partial charge in [-0.15, -0.1) is 0 Å².